The van der Waals surface area contributed by atoms with E-state index in [4.69, 9.17) is 21.5 Å². The average molecular weight is 790 g/mol. The number of aromatic nitrogens is 4. The minimum Gasteiger partial charge on any atom is -0.358 e. The molecule has 4 aliphatic rings. The van der Waals surface area contributed by atoms with Gasteiger partial charge in [0.25, 0.3) is 0 Å². The molecule has 4 unspecified atom stereocenters. The van der Waals surface area contributed by atoms with Crippen molar-refractivity contribution in [3.05, 3.63) is 71.3 Å². The van der Waals surface area contributed by atoms with Crippen LogP contribution in [0.3, 0.4) is 0 Å². The van der Waals surface area contributed by atoms with Crippen molar-refractivity contribution < 1.29 is 30.7 Å². The molecule has 4 atom stereocenters. The molecular formula is C43H42F7N7. The van der Waals surface area contributed by atoms with Gasteiger partial charge in [0.2, 0.25) is 6.43 Å². The fraction of sp³-hybridized carbons (Fsp3) is 0.465. The first-order chi connectivity index (χ1) is 27.2. The minimum atomic E-state index is -4.58. The van der Waals surface area contributed by atoms with E-state index < -0.39 is 42.0 Å². The van der Waals surface area contributed by atoms with Gasteiger partial charge in [0.1, 0.15) is 34.2 Å². The fourth-order valence-electron chi connectivity index (χ4n) is 10.7. The predicted octanol–water partition coefficient (Wildman–Crippen LogP) is 9.08. The average Bonchev–Trinajstić information content (AvgIpc) is 3.88. The number of aryl methyl sites for hydroxylation is 3. The standard InChI is InChI=1S/C43H42F7N7/c1-5-29-32(44)10-7-26-15-23(2)16-30(35(26)29)36-38(47)40-37(31-22-54(4)53-39(31)36)41(55-20-27-8-9-28(21-55)57(27)24(3)43(48,49)50)52-34(51-40)11-13-42-12-6-14-56(42)19-25(18-42)17-33(45)46/h1,7,10,15-16,22,25,27-28,33H,3,6,8-9,11-14,17-21H2,2,4H3. The van der Waals surface area contributed by atoms with E-state index in [0.29, 0.717) is 77.4 Å². The number of alkyl halides is 5. The molecule has 0 aliphatic carbocycles. The summed E-state index contributed by atoms with van der Waals surface area (Å²) >= 11 is 0. The second-order valence-electron chi connectivity index (χ2n) is 16.5. The van der Waals surface area contributed by atoms with E-state index in [9.17, 15) is 22.0 Å². The van der Waals surface area contributed by atoms with Crippen molar-refractivity contribution >= 4 is 38.4 Å². The van der Waals surface area contributed by atoms with Crippen molar-refractivity contribution in [3.63, 3.8) is 0 Å². The van der Waals surface area contributed by atoms with Crippen molar-refractivity contribution in [2.24, 2.45) is 13.0 Å². The van der Waals surface area contributed by atoms with E-state index in [1.807, 2.05) is 17.9 Å². The highest BCUT2D eigenvalue weighted by atomic mass is 19.4. The first-order valence-corrected chi connectivity index (χ1v) is 19.5. The zero-order chi connectivity index (χ0) is 40.1. The third kappa shape index (κ3) is 6.19. The van der Waals surface area contributed by atoms with Crippen molar-refractivity contribution in [2.75, 3.05) is 31.1 Å². The van der Waals surface area contributed by atoms with Crippen LogP contribution in [0, 0.1) is 36.8 Å². The largest absolute Gasteiger partial charge is 0.430 e. The number of halogens is 7. The Hall–Kier alpha value is -4.90. The molecule has 2 aromatic heterocycles. The van der Waals surface area contributed by atoms with Crippen LogP contribution in [0.1, 0.15) is 61.9 Å². The lowest BCUT2D eigenvalue weighted by atomic mass is 9.85. The minimum absolute atomic E-state index is 0.00832. The summed E-state index contributed by atoms with van der Waals surface area (Å²) in [7, 11) is 1.71. The van der Waals surface area contributed by atoms with Gasteiger partial charge in [-0.3, -0.25) is 9.58 Å². The van der Waals surface area contributed by atoms with E-state index in [1.54, 1.807) is 30.1 Å². The quantitative estimate of drug-likeness (QED) is 0.116. The number of anilines is 1. The van der Waals surface area contributed by atoms with E-state index in [2.05, 4.69) is 17.4 Å². The molecule has 6 heterocycles. The summed E-state index contributed by atoms with van der Waals surface area (Å²) in [6, 6.07) is 5.53. The number of allylic oxidation sites excluding steroid dienone is 1. The predicted molar refractivity (Wildman–Crippen MR) is 206 cm³/mol. The maximum atomic E-state index is 17.9. The lowest BCUT2D eigenvalue weighted by molar-refractivity contribution is -0.116. The van der Waals surface area contributed by atoms with Gasteiger partial charge in [-0.05, 0) is 80.5 Å². The summed E-state index contributed by atoms with van der Waals surface area (Å²) in [5.74, 6) is 1.77. The molecule has 298 valence electrons. The molecule has 7 nitrogen and oxygen atoms in total. The Morgan fingerprint density at radius 1 is 1.05 bits per heavy atom. The van der Waals surface area contributed by atoms with Crippen LogP contribution < -0.4 is 4.90 Å². The molecule has 14 heteroatoms. The van der Waals surface area contributed by atoms with E-state index in [0.717, 1.165) is 24.9 Å². The number of hydrogen-bond donors (Lipinski definition) is 0. The first kappa shape index (κ1) is 37.7. The molecule has 9 rings (SSSR count). The van der Waals surface area contributed by atoms with Crippen LogP contribution in [0.2, 0.25) is 0 Å². The van der Waals surface area contributed by atoms with Crippen molar-refractivity contribution in [2.45, 2.75) is 88.5 Å². The molecule has 57 heavy (non-hydrogen) atoms. The highest BCUT2D eigenvalue weighted by Crippen LogP contribution is 2.48. The molecule has 3 aromatic carbocycles. The number of piperazine rings is 1. The lowest BCUT2D eigenvalue weighted by Gasteiger charge is -2.44. The van der Waals surface area contributed by atoms with Crippen LogP contribution >= 0.6 is 0 Å². The van der Waals surface area contributed by atoms with E-state index in [-0.39, 0.29) is 53.1 Å². The van der Waals surface area contributed by atoms with E-state index in [1.165, 1.54) is 11.0 Å². The molecule has 4 saturated heterocycles. The molecule has 4 aliphatic heterocycles. The third-order valence-electron chi connectivity index (χ3n) is 13.0. The maximum absolute atomic E-state index is 17.9. The molecule has 4 fully saturated rings. The van der Waals surface area contributed by atoms with Crippen LogP contribution in [-0.4, -0.2) is 86.0 Å². The molecule has 0 N–H and O–H groups in total. The lowest BCUT2D eigenvalue weighted by Crippen LogP contribution is -2.55. The summed E-state index contributed by atoms with van der Waals surface area (Å²) in [5.41, 5.74) is 0.357. The summed E-state index contributed by atoms with van der Waals surface area (Å²) in [4.78, 5) is 15.7. The highest BCUT2D eigenvalue weighted by molar-refractivity contribution is 6.18. The number of benzene rings is 3. The molecule has 5 aromatic rings. The van der Waals surface area contributed by atoms with Crippen LogP contribution in [0.5, 0.6) is 0 Å². The number of nitrogens with zero attached hydrogens (tertiary/aromatic N) is 7. The van der Waals surface area contributed by atoms with Crippen molar-refractivity contribution in [3.8, 4) is 23.5 Å². The summed E-state index contributed by atoms with van der Waals surface area (Å²) in [6.07, 6.45) is 4.89. The molecule has 2 bridgehead atoms. The monoisotopic (exact) mass is 789 g/mol. The van der Waals surface area contributed by atoms with Crippen molar-refractivity contribution in [1.82, 2.24) is 29.5 Å². The highest BCUT2D eigenvalue weighted by Gasteiger charge is 2.50. The Bertz CT molecular complexity index is 2490. The van der Waals surface area contributed by atoms with Gasteiger partial charge in [-0.1, -0.05) is 30.7 Å². The maximum Gasteiger partial charge on any atom is 0.430 e. The Kier molecular flexibility index (Phi) is 8.99. The second-order valence-corrected chi connectivity index (χ2v) is 16.5. The summed E-state index contributed by atoms with van der Waals surface area (Å²) < 4.78 is 104. The second kappa shape index (κ2) is 13.6. The Morgan fingerprint density at radius 2 is 1.81 bits per heavy atom. The SMILES string of the molecule is C#Cc1c(F)ccc2cc(C)cc(-c3c(F)c4nc(CCC56CCCN5CC(CC(F)F)C6)nc(N5CC6CCC(C5)N6C(=C)C(F)(F)F)c4c4cn(C)nc34)c12. The normalized spacial score (nSPS) is 23.8. The number of fused-ring (bicyclic) bond motifs is 7. The molecule has 0 radical (unpaired) electrons. The van der Waals surface area contributed by atoms with Crippen LogP contribution in [0.25, 0.3) is 43.7 Å². The first-order valence-electron chi connectivity index (χ1n) is 19.5. The van der Waals surface area contributed by atoms with Gasteiger partial charge in [-0.15, -0.1) is 6.42 Å². The van der Waals surface area contributed by atoms with Gasteiger partial charge in [-0.2, -0.15) is 18.3 Å². The molecule has 0 spiro atoms. The fourth-order valence-corrected chi connectivity index (χ4v) is 10.7. The van der Waals surface area contributed by atoms with Crippen LogP contribution in [0.15, 0.2) is 42.7 Å². The third-order valence-corrected chi connectivity index (χ3v) is 13.0. The van der Waals surface area contributed by atoms with Gasteiger partial charge in [0.15, 0.2) is 5.82 Å². The van der Waals surface area contributed by atoms with Crippen LogP contribution in [0.4, 0.5) is 36.6 Å². The number of hydrogen-bond acceptors (Lipinski definition) is 6. The molecular weight excluding hydrogens is 748 g/mol. The zero-order valence-electron chi connectivity index (χ0n) is 31.7. The smallest absolute Gasteiger partial charge is 0.358 e. The van der Waals surface area contributed by atoms with Gasteiger partial charge in [-0.25, -0.2) is 27.5 Å². The van der Waals surface area contributed by atoms with Gasteiger partial charge in [0.05, 0.1) is 10.9 Å². The number of rotatable bonds is 8. The van der Waals surface area contributed by atoms with Crippen LogP contribution in [-0.2, 0) is 13.5 Å². The van der Waals surface area contributed by atoms with E-state index >= 15 is 8.78 Å². The summed E-state index contributed by atoms with van der Waals surface area (Å²) in [6.45, 7) is 7.09. The molecule has 0 amide bonds. The Labute approximate surface area is 325 Å². The summed E-state index contributed by atoms with van der Waals surface area (Å²) in [5, 5.41) is 6.63. The topological polar surface area (TPSA) is 53.3 Å². The Balaban J connectivity index is 1.23. The molecule has 0 saturated carbocycles. The number of terminal acetylenes is 1. The van der Waals surface area contributed by atoms with Gasteiger partial charge in [0, 0.05) is 79.7 Å². The van der Waals surface area contributed by atoms with Gasteiger partial charge < -0.3 is 9.80 Å². The zero-order valence-corrected chi connectivity index (χ0v) is 31.7. The van der Waals surface area contributed by atoms with Gasteiger partial charge >= 0.3 is 6.18 Å². The van der Waals surface area contributed by atoms with Crippen molar-refractivity contribution in [1.29, 1.82) is 0 Å². The Morgan fingerprint density at radius 3 is 2.51 bits per heavy atom.